The second kappa shape index (κ2) is 2.66. The van der Waals surface area contributed by atoms with Crippen LogP contribution in [0, 0.1) is 5.82 Å². The number of halogens is 1. The van der Waals surface area contributed by atoms with Crippen molar-refractivity contribution in [1.29, 1.82) is 0 Å². The molecular weight excluding hydrogens is 133 g/mol. The van der Waals surface area contributed by atoms with Gasteiger partial charge in [-0.2, -0.15) is 0 Å². The Kier molecular flexibility index (Phi) is 1.87. The standard InChI is InChI=1S/C7H8FNO/c8-7-3-6(10)2-1-5(7)4-9/h1-3,10H,4,9H2. The van der Waals surface area contributed by atoms with Crippen LogP contribution in [0.3, 0.4) is 0 Å². The first-order chi connectivity index (χ1) is 4.74. The van der Waals surface area contributed by atoms with E-state index < -0.39 is 5.82 Å². The zero-order valence-corrected chi connectivity index (χ0v) is 5.34. The third-order valence-electron chi connectivity index (χ3n) is 1.26. The molecule has 0 saturated carbocycles. The summed E-state index contributed by atoms with van der Waals surface area (Å²) in [6, 6.07) is 3.91. The van der Waals surface area contributed by atoms with Crippen molar-refractivity contribution in [2.24, 2.45) is 5.73 Å². The first kappa shape index (κ1) is 7.02. The van der Waals surface area contributed by atoms with E-state index in [0.29, 0.717) is 5.56 Å². The molecule has 1 aromatic rings. The number of benzene rings is 1. The summed E-state index contributed by atoms with van der Waals surface area (Å²) in [7, 11) is 0. The molecule has 0 amide bonds. The van der Waals surface area contributed by atoms with Gasteiger partial charge < -0.3 is 10.8 Å². The maximum Gasteiger partial charge on any atom is 0.131 e. The SMILES string of the molecule is NCc1ccc(O)cc1F. The molecule has 1 aromatic carbocycles. The second-order valence-corrected chi connectivity index (χ2v) is 1.98. The van der Waals surface area contributed by atoms with Gasteiger partial charge in [-0.1, -0.05) is 6.07 Å². The van der Waals surface area contributed by atoms with Crippen LogP contribution in [0.5, 0.6) is 5.75 Å². The Labute approximate surface area is 58.1 Å². The molecule has 1 rings (SSSR count). The van der Waals surface area contributed by atoms with Gasteiger partial charge in [0.1, 0.15) is 11.6 Å². The van der Waals surface area contributed by atoms with Crippen LogP contribution < -0.4 is 5.73 Å². The van der Waals surface area contributed by atoms with Gasteiger partial charge in [0.2, 0.25) is 0 Å². The molecule has 0 aliphatic heterocycles. The van der Waals surface area contributed by atoms with E-state index in [0.717, 1.165) is 6.07 Å². The lowest BCUT2D eigenvalue weighted by atomic mass is 10.2. The number of hydrogen-bond donors (Lipinski definition) is 2. The van der Waals surface area contributed by atoms with Crippen molar-refractivity contribution >= 4 is 0 Å². The summed E-state index contributed by atoms with van der Waals surface area (Å²) < 4.78 is 12.6. The van der Waals surface area contributed by atoms with Gasteiger partial charge in [-0.25, -0.2) is 4.39 Å². The maximum atomic E-state index is 12.6. The van der Waals surface area contributed by atoms with Gasteiger partial charge >= 0.3 is 0 Å². The highest BCUT2D eigenvalue weighted by molar-refractivity contribution is 5.27. The molecule has 0 fully saturated rings. The topological polar surface area (TPSA) is 46.2 Å². The van der Waals surface area contributed by atoms with Crippen LogP contribution in [0.15, 0.2) is 18.2 Å². The predicted octanol–water partition coefficient (Wildman–Crippen LogP) is 0.990. The highest BCUT2D eigenvalue weighted by atomic mass is 19.1. The molecule has 0 saturated heterocycles. The summed E-state index contributed by atoms with van der Waals surface area (Å²) in [6.07, 6.45) is 0. The molecule has 0 spiro atoms. The Morgan fingerprint density at radius 3 is 2.70 bits per heavy atom. The highest BCUT2D eigenvalue weighted by Crippen LogP contribution is 2.13. The minimum Gasteiger partial charge on any atom is -0.508 e. The number of aromatic hydroxyl groups is 1. The summed E-state index contributed by atoms with van der Waals surface area (Å²) >= 11 is 0. The van der Waals surface area contributed by atoms with Crippen molar-refractivity contribution in [3.8, 4) is 5.75 Å². The average Bonchev–Trinajstić information content (AvgIpc) is 1.88. The third-order valence-corrected chi connectivity index (χ3v) is 1.26. The van der Waals surface area contributed by atoms with Gasteiger partial charge in [-0.05, 0) is 6.07 Å². The van der Waals surface area contributed by atoms with E-state index in [1.807, 2.05) is 0 Å². The predicted molar refractivity (Wildman–Crippen MR) is 36.0 cm³/mol. The molecule has 0 bridgehead atoms. The number of hydrogen-bond acceptors (Lipinski definition) is 2. The molecule has 10 heavy (non-hydrogen) atoms. The van der Waals surface area contributed by atoms with Crippen molar-refractivity contribution in [1.82, 2.24) is 0 Å². The van der Waals surface area contributed by atoms with E-state index >= 15 is 0 Å². The van der Waals surface area contributed by atoms with Gasteiger partial charge in [-0.15, -0.1) is 0 Å². The maximum absolute atomic E-state index is 12.6. The van der Waals surface area contributed by atoms with E-state index in [9.17, 15) is 4.39 Å². The molecule has 0 heterocycles. The van der Waals surface area contributed by atoms with E-state index in [1.165, 1.54) is 12.1 Å². The lowest BCUT2D eigenvalue weighted by Gasteiger charge is -1.97. The highest BCUT2D eigenvalue weighted by Gasteiger charge is 1.98. The van der Waals surface area contributed by atoms with Crippen LogP contribution in [-0.4, -0.2) is 5.11 Å². The van der Waals surface area contributed by atoms with Crippen LogP contribution in [0.25, 0.3) is 0 Å². The van der Waals surface area contributed by atoms with Gasteiger partial charge in [0.15, 0.2) is 0 Å². The number of phenols is 1. The fraction of sp³-hybridized carbons (Fsp3) is 0.143. The molecule has 54 valence electrons. The minimum atomic E-state index is -0.456. The Balaban J connectivity index is 3.07. The largest absolute Gasteiger partial charge is 0.508 e. The number of nitrogens with two attached hydrogens (primary N) is 1. The van der Waals surface area contributed by atoms with Gasteiger partial charge in [0.25, 0.3) is 0 Å². The minimum absolute atomic E-state index is 0.0744. The van der Waals surface area contributed by atoms with Crippen molar-refractivity contribution < 1.29 is 9.50 Å². The smallest absolute Gasteiger partial charge is 0.131 e. The molecule has 0 aromatic heterocycles. The number of rotatable bonds is 1. The van der Waals surface area contributed by atoms with Crippen LogP contribution in [0.4, 0.5) is 4.39 Å². The third kappa shape index (κ3) is 1.25. The normalized spacial score (nSPS) is 9.80. The zero-order valence-electron chi connectivity index (χ0n) is 5.34. The van der Waals surface area contributed by atoms with E-state index in [4.69, 9.17) is 10.8 Å². The van der Waals surface area contributed by atoms with Gasteiger partial charge in [0, 0.05) is 18.2 Å². The molecule has 0 aliphatic rings. The Hall–Kier alpha value is -1.09. The first-order valence-electron chi connectivity index (χ1n) is 2.91. The molecule has 0 unspecified atom stereocenters. The second-order valence-electron chi connectivity index (χ2n) is 1.98. The van der Waals surface area contributed by atoms with Crippen molar-refractivity contribution in [2.45, 2.75) is 6.54 Å². The lowest BCUT2D eigenvalue weighted by Crippen LogP contribution is -1.98. The monoisotopic (exact) mass is 141 g/mol. The zero-order chi connectivity index (χ0) is 7.56. The van der Waals surface area contributed by atoms with Crippen molar-refractivity contribution in [3.63, 3.8) is 0 Å². The van der Waals surface area contributed by atoms with Gasteiger partial charge in [0.05, 0.1) is 0 Å². The van der Waals surface area contributed by atoms with Crippen LogP contribution in [0.2, 0.25) is 0 Å². The Bertz CT molecular complexity index is 237. The van der Waals surface area contributed by atoms with E-state index in [-0.39, 0.29) is 12.3 Å². The average molecular weight is 141 g/mol. The molecule has 0 aliphatic carbocycles. The fourth-order valence-corrected chi connectivity index (χ4v) is 0.702. The van der Waals surface area contributed by atoms with Crippen molar-refractivity contribution in [2.75, 3.05) is 0 Å². The summed E-state index contributed by atoms with van der Waals surface area (Å²) in [4.78, 5) is 0. The van der Waals surface area contributed by atoms with Crippen LogP contribution >= 0.6 is 0 Å². The van der Waals surface area contributed by atoms with E-state index in [2.05, 4.69) is 0 Å². The molecule has 2 nitrogen and oxygen atoms in total. The molecule has 3 N–H and O–H groups in total. The van der Waals surface area contributed by atoms with Crippen LogP contribution in [0.1, 0.15) is 5.56 Å². The fourth-order valence-electron chi connectivity index (χ4n) is 0.702. The molecule has 0 atom stereocenters. The summed E-state index contributed by atoms with van der Waals surface area (Å²) in [6.45, 7) is 0.159. The first-order valence-corrected chi connectivity index (χ1v) is 2.91. The van der Waals surface area contributed by atoms with Crippen LogP contribution in [-0.2, 0) is 6.54 Å². The Morgan fingerprint density at radius 1 is 1.50 bits per heavy atom. The quantitative estimate of drug-likeness (QED) is 0.612. The van der Waals surface area contributed by atoms with Gasteiger partial charge in [-0.3, -0.25) is 0 Å². The summed E-state index contributed by atoms with van der Waals surface area (Å²) in [5.74, 6) is -0.530. The number of phenolic OH excluding ortho intramolecular Hbond substituents is 1. The molecule has 3 heteroatoms. The van der Waals surface area contributed by atoms with E-state index in [1.54, 1.807) is 0 Å². The molecular formula is C7H8FNO. The lowest BCUT2D eigenvalue weighted by molar-refractivity contribution is 0.468. The Morgan fingerprint density at radius 2 is 2.20 bits per heavy atom. The summed E-state index contributed by atoms with van der Waals surface area (Å²) in [5.41, 5.74) is 5.59. The molecule has 0 radical (unpaired) electrons. The summed E-state index contributed by atoms with van der Waals surface area (Å²) in [5, 5.41) is 8.75. The van der Waals surface area contributed by atoms with Crippen molar-refractivity contribution in [3.05, 3.63) is 29.6 Å².